The predicted octanol–water partition coefficient (Wildman–Crippen LogP) is 4.77. The first-order valence-corrected chi connectivity index (χ1v) is 8.92. The van der Waals surface area contributed by atoms with Crippen LogP contribution in [0.3, 0.4) is 0 Å². The van der Waals surface area contributed by atoms with Crippen LogP contribution >= 0.6 is 22.9 Å². The van der Waals surface area contributed by atoms with Crippen LogP contribution in [0.15, 0.2) is 30.5 Å². The first-order chi connectivity index (χ1) is 12.7. The third-order valence-corrected chi connectivity index (χ3v) is 4.69. The second-order valence-corrected chi connectivity index (χ2v) is 7.26. The maximum absolute atomic E-state index is 12.6. The molecule has 0 radical (unpaired) electrons. The minimum atomic E-state index is -4.61. The summed E-state index contributed by atoms with van der Waals surface area (Å²) >= 11 is 6.16. The Hall–Kier alpha value is -2.46. The average Bonchev–Trinajstić information content (AvgIpc) is 3.22. The summed E-state index contributed by atoms with van der Waals surface area (Å²) in [5, 5.41) is 12.2. The number of amides is 1. The molecule has 0 saturated heterocycles. The van der Waals surface area contributed by atoms with Crippen molar-refractivity contribution in [3.05, 3.63) is 51.7 Å². The van der Waals surface area contributed by atoms with Crippen molar-refractivity contribution in [3.8, 4) is 5.69 Å². The van der Waals surface area contributed by atoms with E-state index in [1.54, 1.807) is 28.9 Å². The molecule has 0 saturated carbocycles. The molecule has 1 aromatic carbocycles. The fourth-order valence-electron chi connectivity index (χ4n) is 2.43. The number of hydrogen-bond donors (Lipinski definition) is 1. The van der Waals surface area contributed by atoms with E-state index in [-0.39, 0.29) is 27.9 Å². The lowest BCUT2D eigenvalue weighted by Crippen LogP contribution is -2.15. The van der Waals surface area contributed by atoms with Gasteiger partial charge in [0.2, 0.25) is 10.1 Å². The van der Waals surface area contributed by atoms with E-state index < -0.39 is 17.1 Å². The van der Waals surface area contributed by atoms with Gasteiger partial charge in [-0.1, -0.05) is 36.8 Å². The highest BCUT2D eigenvalue weighted by atomic mass is 35.5. The molecule has 0 atom stereocenters. The van der Waals surface area contributed by atoms with Crippen LogP contribution in [-0.4, -0.2) is 25.9 Å². The van der Waals surface area contributed by atoms with E-state index in [0.717, 1.165) is 0 Å². The predicted molar refractivity (Wildman–Crippen MR) is 95.5 cm³/mol. The molecule has 0 unspecified atom stereocenters. The summed E-state index contributed by atoms with van der Waals surface area (Å²) in [7, 11) is 0. The van der Waals surface area contributed by atoms with Gasteiger partial charge in [0, 0.05) is 5.02 Å². The number of alkyl halides is 3. The second kappa shape index (κ2) is 7.28. The normalized spacial score (nSPS) is 11.8. The number of nitrogens with one attached hydrogen (secondary N) is 1. The van der Waals surface area contributed by atoms with Crippen LogP contribution in [0.2, 0.25) is 5.02 Å². The molecule has 11 heteroatoms. The van der Waals surface area contributed by atoms with E-state index >= 15 is 0 Å². The van der Waals surface area contributed by atoms with Gasteiger partial charge in [-0.25, -0.2) is 4.68 Å². The van der Waals surface area contributed by atoms with Crippen molar-refractivity contribution < 1.29 is 18.0 Å². The molecule has 0 aliphatic carbocycles. The minimum Gasteiger partial charge on any atom is -0.296 e. The van der Waals surface area contributed by atoms with E-state index in [4.69, 9.17) is 11.6 Å². The van der Waals surface area contributed by atoms with Gasteiger partial charge in [0.05, 0.1) is 23.1 Å². The van der Waals surface area contributed by atoms with Crippen LogP contribution < -0.4 is 5.32 Å². The summed E-state index contributed by atoms with van der Waals surface area (Å²) in [6.45, 7) is 3.76. The molecular weight excluding hydrogens is 403 g/mol. The number of halogens is 4. The van der Waals surface area contributed by atoms with Gasteiger partial charge in [0.1, 0.15) is 0 Å². The molecular formula is C16H13ClF3N5OS. The van der Waals surface area contributed by atoms with Crippen molar-refractivity contribution in [2.75, 3.05) is 5.32 Å². The Morgan fingerprint density at radius 1 is 1.22 bits per heavy atom. The van der Waals surface area contributed by atoms with E-state index in [1.807, 2.05) is 13.8 Å². The number of hydrogen-bond acceptors (Lipinski definition) is 5. The standard InChI is InChI=1S/C16H13ClF3N5OS/c1-8(2)12-11(7-21-25(12)10-5-3-9(17)4-6-10)13(26)22-15-24-23-14(27-15)16(18,19)20/h3-8H,1-2H3,(H,22,24,26). The number of benzene rings is 1. The molecule has 1 N–H and O–H groups in total. The highest BCUT2D eigenvalue weighted by molar-refractivity contribution is 7.15. The summed E-state index contributed by atoms with van der Waals surface area (Å²) in [5.41, 5.74) is 1.55. The zero-order chi connectivity index (χ0) is 19.8. The number of aromatic nitrogens is 4. The zero-order valence-corrected chi connectivity index (χ0v) is 15.7. The first-order valence-electron chi connectivity index (χ1n) is 7.72. The quantitative estimate of drug-likeness (QED) is 0.666. The highest BCUT2D eigenvalue weighted by Gasteiger charge is 2.36. The lowest BCUT2D eigenvalue weighted by atomic mass is 10.1. The molecule has 3 rings (SSSR count). The molecule has 0 bridgehead atoms. The lowest BCUT2D eigenvalue weighted by Gasteiger charge is -2.12. The van der Waals surface area contributed by atoms with Gasteiger partial charge < -0.3 is 0 Å². The van der Waals surface area contributed by atoms with Crippen molar-refractivity contribution >= 4 is 34.0 Å². The molecule has 0 aliphatic rings. The molecule has 27 heavy (non-hydrogen) atoms. The number of rotatable bonds is 4. The number of carbonyl (C=O) groups excluding carboxylic acids is 1. The number of carbonyl (C=O) groups is 1. The Morgan fingerprint density at radius 2 is 1.89 bits per heavy atom. The molecule has 142 valence electrons. The van der Waals surface area contributed by atoms with Crippen LogP contribution in [0.25, 0.3) is 5.69 Å². The third-order valence-electron chi connectivity index (χ3n) is 3.56. The molecule has 1 amide bonds. The minimum absolute atomic E-state index is 0.0796. The van der Waals surface area contributed by atoms with E-state index in [2.05, 4.69) is 20.6 Å². The largest absolute Gasteiger partial charge is 0.445 e. The van der Waals surface area contributed by atoms with Gasteiger partial charge in [-0.15, -0.1) is 10.2 Å². The van der Waals surface area contributed by atoms with Crippen LogP contribution in [0.1, 0.15) is 40.8 Å². The number of anilines is 1. The van der Waals surface area contributed by atoms with Crippen LogP contribution in [0, 0.1) is 0 Å². The summed E-state index contributed by atoms with van der Waals surface area (Å²) in [5.74, 6) is -0.687. The van der Waals surface area contributed by atoms with E-state index in [1.165, 1.54) is 6.20 Å². The van der Waals surface area contributed by atoms with Gasteiger partial charge in [-0.2, -0.15) is 18.3 Å². The highest BCUT2D eigenvalue weighted by Crippen LogP contribution is 2.33. The average molecular weight is 416 g/mol. The monoisotopic (exact) mass is 415 g/mol. The Bertz CT molecular complexity index is 965. The molecule has 3 aromatic rings. The fraction of sp³-hybridized carbons (Fsp3) is 0.250. The molecule has 2 heterocycles. The van der Waals surface area contributed by atoms with Gasteiger partial charge in [-0.05, 0) is 30.2 Å². The zero-order valence-electron chi connectivity index (χ0n) is 14.1. The van der Waals surface area contributed by atoms with Crippen LogP contribution in [-0.2, 0) is 6.18 Å². The summed E-state index contributed by atoms with van der Waals surface area (Å²) in [6, 6.07) is 6.90. The maximum Gasteiger partial charge on any atom is 0.445 e. The Kier molecular flexibility index (Phi) is 5.20. The lowest BCUT2D eigenvalue weighted by molar-refractivity contribution is -0.138. The molecule has 6 nitrogen and oxygen atoms in total. The molecule has 0 spiro atoms. The maximum atomic E-state index is 12.6. The second-order valence-electron chi connectivity index (χ2n) is 5.85. The SMILES string of the molecule is CC(C)c1c(C(=O)Nc2nnc(C(F)(F)F)s2)cnn1-c1ccc(Cl)cc1. The first kappa shape index (κ1) is 19.3. The Balaban J connectivity index is 1.91. The van der Waals surface area contributed by atoms with Crippen LogP contribution in [0.5, 0.6) is 0 Å². The van der Waals surface area contributed by atoms with E-state index in [0.29, 0.717) is 16.4 Å². The Morgan fingerprint density at radius 3 is 2.44 bits per heavy atom. The van der Waals surface area contributed by atoms with Crippen molar-refractivity contribution in [1.29, 1.82) is 0 Å². The Labute approximate surface area is 161 Å². The third kappa shape index (κ3) is 4.11. The summed E-state index contributed by atoms with van der Waals surface area (Å²) in [6.07, 6.45) is -3.24. The molecule has 2 aromatic heterocycles. The summed E-state index contributed by atoms with van der Waals surface area (Å²) < 4.78 is 39.5. The smallest absolute Gasteiger partial charge is 0.296 e. The fourth-order valence-corrected chi connectivity index (χ4v) is 3.16. The van der Waals surface area contributed by atoms with Crippen molar-refractivity contribution in [1.82, 2.24) is 20.0 Å². The summed E-state index contributed by atoms with van der Waals surface area (Å²) in [4.78, 5) is 12.6. The van der Waals surface area contributed by atoms with Gasteiger partial charge in [0.25, 0.3) is 5.91 Å². The van der Waals surface area contributed by atoms with Gasteiger partial charge >= 0.3 is 6.18 Å². The van der Waals surface area contributed by atoms with Crippen molar-refractivity contribution in [2.24, 2.45) is 0 Å². The van der Waals surface area contributed by atoms with Gasteiger partial charge in [0.15, 0.2) is 0 Å². The van der Waals surface area contributed by atoms with E-state index in [9.17, 15) is 18.0 Å². The van der Waals surface area contributed by atoms with Crippen LogP contribution in [0.4, 0.5) is 18.3 Å². The van der Waals surface area contributed by atoms with Crippen molar-refractivity contribution in [2.45, 2.75) is 25.9 Å². The van der Waals surface area contributed by atoms with Gasteiger partial charge in [-0.3, -0.25) is 10.1 Å². The topological polar surface area (TPSA) is 72.7 Å². The van der Waals surface area contributed by atoms with Crippen molar-refractivity contribution in [3.63, 3.8) is 0 Å². The number of nitrogens with zero attached hydrogens (tertiary/aromatic N) is 4. The molecule has 0 aliphatic heterocycles. The molecule has 0 fully saturated rings.